The summed E-state index contributed by atoms with van der Waals surface area (Å²) in [7, 11) is 0. The molecular weight excluding hydrogens is 539 g/mol. The molecule has 11 nitrogen and oxygen atoms in total. The Morgan fingerprint density at radius 3 is 2.33 bits per heavy atom. The molecule has 3 aromatic rings. The lowest BCUT2D eigenvalue weighted by Crippen LogP contribution is -2.25. The Labute approximate surface area is 227 Å². The van der Waals surface area contributed by atoms with E-state index in [0.29, 0.717) is 35.8 Å². The number of nitrogens with one attached hydrogen (secondary N) is 3. The third-order valence-corrected chi connectivity index (χ3v) is 5.16. The molecule has 15 heteroatoms. The van der Waals surface area contributed by atoms with Gasteiger partial charge in [-0.15, -0.1) is 0 Å². The van der Waals surface area contributed by atoms with E-state index in [1.165, 1.54) is 0 Å². The van der Waals surface area contributed by atoms with Gasteiger partial charge < -0.3 is 32.2 Å². The number of anilines is 3. The number of carbonyl (C=O) groups excluding carboxylic acids is 1. The van der Waals surface area contributed by atoms with E-state index in [4.69, 9.17) is 27.8 Å². The van der Waals surface area contributed by atoms with Crippen molar-refractivity contribution >= 4 is 41.1 Å². The maximum Gasteiger partial charge on any atom is 0.422 e. The van der Waals surface area contributed by atoms with Crippen molar-refractivity contribution in [3.63, 3.8) is 0 Å². The van der Waals surface area contributed by atoms with Crippen LogP contribution in [0.4, 0.5) is 30.8 Å². The number of benzene rings is 2. The van der Waals surface area contributed by atoms with Gasteiger partial charge in [0.15, 0.2) is 12.6 Å². The molecule has 0 radical (unpaired) electrons. The largest absolute Gasteiger partial charge is 0.454 e. The number of carbonyl (C=O) groups is 1. The number of rotatable bonds is 13. The smallest absolute Gasteiger partial charge is 0.422 e. The summed E-state index contributed by atoms with van der Waals surface area (Å²) in [4.78, 5) is 28.3. The summed E-state index contributed by atoms with van der Waals surface area (Å²) >= 11 is 5.89. The number of aromatic nitrogens is 3. The van der Waals surface area contributed by atoms with Crippen molar-refractivity contribution in [3.05, 3.63) is 64.7 Å². The minimum Gasteiger partial charge on any atom is -0.454 e. The minimum atomic E-state index is -4.57. The fourth-order valence-electron chi connectivity index (χ4n) is 3.07. The highest BCUT2D eigenvalue weighted by Gasteiger charge is 2.29. The van der Waals surface area contributed by atoms with Crippen LogP contribution in [0.15, 0.2) is 53.5 Å². The van der Waals surface area contributed by atoms with Gasteiger partial charge in [-0.05, 0) is 54.8 Å². The molecule has 2 aromatic carbocycles. The molecule has 0 fully saturated rings. The van der Waals surface area contributed by atoms with Gasteiger partial charge in [0.25, 0.3) is 5.91 Å². The average Bonchev–Trinajstić information content (AvgIpc) is 2.89. The Morgan fingerprint density at radius 2 is 1.67 bits per heavy atom. The van der Waals surface area contributed by atoms with Crippen LogP contribution in [-0.2, 0) is 6.54 Å². The van der Waals surface area contributed by atoms with Crippen molar-refractivity contribution in [2.45, 2.75) is 25.6 Å². The number of amides is 1. The average molecular weight is 566 g/mol. The van der Waals surface area contributed by atoms with E-state index in [2.05, 4.69) is 35.9 Å². The van der Waals surface area contributed by atoms with Crippen LogP contribution < -0.4 is 32.2 Å². The number of alkyl halides is 3. The molecule has 0 aliphatic carbocycles. The zero-order valence-corrected chi connectivity index (χ0v) is 21.4. The summed E-state index contributed by atoms with van der Waals surface area (Å²) in [5.41, 5.74) is 12.3. The van der Waals surface area contributed by atoms with Gasteiger partial charge in [0.05, 0.1) is 0 Å². The van der Waals surface area contributed by atoms with Crippen LogP contribution in [0.3, 0.4) is 0 Å². The SMILES string of the molecule is NC(N)=NCCCCNC(=O)c1ccc(Nc2nc(NCc3ccc(Cl)cc3)nc(OCC(F)(F)F)n2)cc1. The van der Waals surface area contributed by atoms with Crippen molar-refractivity contribution in [2.75, 3.05) is 30.3 Å². The summed E-state index contributed by atoms with van der Waals surface area (Å²) in [5, 5.41) is 9.18. The molecule has 0 saturated heterocycles. The normalized spacial score (nSPS) is 11.0. The highest BCUT2D eigenvalue weighted by atomic mass is 35.5. The lowest BCUT2D eigenvalue weighted by Gasteiger charge is -2.12. The second-order valence-corrected chi connectivity index (χ2v) is 8.56. The topological polar surface area (TPSA) is 165 Å². The van der Waals surface area contributed by atoms with Crippen LogP contribution in [0.1, 0.15) is 28.8 Å². The molecule has 3 rings (SSSR count). The highest BCUT2D eigenvalue weighted by molar-refractivity contribution is 6.30. The minimum absolute atomic E-state index is 0.00420. The lowest BCUT2D eigenvalue weighted by molar-refractivity contribution is -0.154. The van der Waals surface area contributed by atoms with Gasteiger partial charge >= 0.3 is 12.2 Å². The Morgan fingerprint density at radius 1 is 0.974 bits per heavy atom. The third kappa shape index (κ3) is 10.9. The van der Waals surface area contributed by atoms with E-state index >= 15 is 0 Å². The summed E-state index contributed by atoms with van der Waals surface area (Å²) in [6.07, 6.45) is -3.15. The zero-order valence-electron chi connectivity index (χ0n) is 20.6. The van der Waals surface area contributed by atoms with E-state index < -0.39 is 18.8 Å². The monoisotopic (exact) mass is 565 g/mol. The first-order valence-corrected chi connectivity index (χ1v) is 12.1. The molecule has 1 aromatic heterocycles. The quantitative estimate of drug-likeness (QED) is 0.118. The molecule has 208 valence electrons. The van der Waals surface area contributed by atoms with Crippen molar-refractivity contribution in [1.29, 1.82) is 0 Å². The summed E-state index contributed by atoms with van der Waals surface area (Å²) < 4.78 is 42.7. The van der Waals surface area contributed by atoms with E-state index in [0.717, 1.165) is 12.0 Å². The summed E-state index contributed by atoms with van der Waals surface area (Å²) in [6, 6.07) is 12.8. The van der Waals surface area contributed by atoms with Crippen LogP contribution in [0.25, 0.3) is 0 Å². The van der Waals surface area contributed by atoms with E-state index in [1.807, 2.05) is 0 Å². The molecule has 1 heterocycles. The van der Waals surface area contributed by atoms with Crippen LogP contribution >= 0.6 is 11.6 Å². The number of nitrogens with two attached hydrogens (primary N) is 2. The summed E-state index contributed by atoms with van der Waals surface area (Å²) in [6.45, 7) is -0.351. The second-order valence-electron chi connectivity index (χ2n) is 8.12. The van der Waals surface area contributed by atoms with Crippen molar-refractivity contribution in [2.24, 2.45) is 16.5 Å². The van der Waals surface area contributed by atoms with Gasteiger partial charge in [-0.3, -0.25) is 9.79 Å². The van der Waals surface area contributed by atoms with Gasteiger partial charge in [0.2, 0.25) is 11.9 Å². The molecule has 0 bridgehead atoms. The molecule has 1 amide bonds. The number of hydrogen-bond acceptors (Lipinski definition) is 8. The Balaban J connectivity index is 1.63. The number of hydrogen-bond donors (Lipinski definition) is 5. The third-order valence-electron chi connectivity index (χ3n) is 4.91. The molecular formula is C24H27ClF3N9O2. The molecule has 0 unspecified atom stereocenters. The first-order valence-electron chi connectivity index (χ1n) is 11.7. The number of aliphatic imine (C=N–C) groups is 1. The molecule has 7 N–H and O–H groups in total. The second kappa shape index (κ2) is 14.0. The number of nitrogens with zero attached hydrogens (tertiary/aromatic N) is 4. The highest BCUT2D eigenvalue weighted by Crippen LogP contribution is 2.21. The van der Waals surface area contributed by atoms with Gasteiger partial charge in [-0.1, -0.05) is 23.7 Å². The standard InChI is InChI=1S/C24H27ClF3N9O2/c25-17-7-3-15(4-8-17)13-33-21-35-22(37-23(36-21)39-14-24(26,27)28)34-18-9-5-16(6-10-18)19(38)31-11-1-2-12-32-20(29)30/h3-10H,1-2,11-14H2,(H,31,38)(H4,29,30,32)(H2,33,34,35,36,37). The maximum atomic E-state index is 12.7. The molecule has 0 spiro atoms. The van der Waals surface area contributed by atoms with Gasteiger partial charge in [-0.2, -0.15) is 28.1 Å². The predicted molar refractivity (Wildman–Crippen MR) is 142 cm³/mol. The van der Waals surface area contributed by atoms with Gasteiger partial charge in [0, 0.05) is 35.9 Å². The maximum absolute atomic E-state index is 12.7. The van der Waals surface area contributed by atoms with Crippen LogP contribution in [0.5, 0.6) is 6.01 Å². The molecule has 0 aliphatic rings. The van der Waals surface area contributed by atoms with Crippen molar-refractivity contribution in [3.8, 4) is 6.01 Å². The van der Waals surface area contributed by atoms with E-state index in [1.54, 1.807) is 48.5 Å². The van der Waals surface area contributed by atoms with Crippen molar-refractivity contribution in [1.82, 2.24) is 20.3 Å². The fraction of sp³-hybridized carbons (Fsp3) is 0.292. The number of guanidine groups is 1. The lowest BCUT2D eigenvalue weighted by atomic mass is 10.2. The zero-order chi connectivity index (χ0) is 28.3. The van der Waals surface area contributed by atoms with Crippen molar-refractivity contribution < 1.29 is 22.7 Å². The first-order chi connectivity index (χ1) is 18.6. The molecule has 39 heavy (non-hydrogen) atoms. The number of halogens is 4. The Bertz CT molecular complexity index is 1250. The first kappa shape index (κ1) is 29.2. The predicted octanol–water partition coefficient (Wildman–Crippen LogP) is 3.61. The molecule has 0 aliphatic heterocycles. The van der Waals surface area contributed by atoms with Crippen LogP contribution in [-0.4, -0.2) is 52.7 Å². The van der Waals surface area contributed by atoms with Gasteiger partial charge in [0.1, 0.15) is 0 Å². The van der Waals surface area contributed by atoms with Crippen LogP contribution in [0.2, 0.25) is 5.02 Å². The molecule has 0 atom stereocenters. The van der Waals surface area contributed by atoms with E-state index in [-0.39, 0.29) is 30.3 Å². The summed E-state index contributed by atoms with van der Waals surface area (Å²) in [5.74, 6) is -0.297. The van der Waals surface area contributed by atoms with Gasteiger partial charge in [-0.25, -0.2) is 0 Å². The number of unbranched alkanes of at least 4 members (excludes halogenated alkanes) is 1. The Kier molecular flexibility index (Phi) is 10.5. The molecule has 0 saturated carbocycles. The Hall–Kier alpha value is -4.33. The number of ether oxygens (including phenoxy) is 1. The van der Waals surface area contributed by atoms with E-state index in [9.17, 15) is 18.0 Å². The van der Waals surface area contributed by atoms with Crippen LogP contribution in [0, 0.1) is 0 Å². The fourth-order valence-corrected chi connectivity index (χ4v) is 3.19.